The van der Waals surface area contributed by atoms with Gasteiger partial charge in [0, 0.05) is 22.0 Å². The van der Waals surface area contributed by atoms with Gasteiger partial charge in [-0.25, -0.2) is 5.43 Å². The first-order chi connectivity index (χ1) is 13.3. The fraction of sp³-hybridized carbons (Fsp3) is 0.400. The van der Waals surface area contributed by atoms with E-state index < -0.39 is 5.79 Å². The van der Waals surface area contributed by atoms with Crippen molar-refractivity contribution < 1.29 is 19.0 Å². The number of rotatable bonds is 6. The zero-order valence-corrected chi connectivity index (χ0v) is 17.2. The molecule has 8 heteroatoms. The van der Waals surface area contributed by atoms with Gasteiger partial charge in [0.15, 0.2) is 5.79 Å². The van der Waals surface area contributed by atoms with E-state index >= 15 is 0 Å². The molecule has 1 N–H and O–H groups in total. The number of halogens is 1. The molecule has 0 unspecified atom stereocenters. The summed E-state index contributed by atoms with van der Waals surface area (Å²) in [5.74, 6) is -0.433. The van der Waals surface area contributed by atoms with Gasteiger partial charge in [-0.15, -0.1) is 0 Å². The Balaban J connectivity index is 1.76. The third-order valence-corrected chi connectivity index (χ3v) is 4.86. The molecule has 1 amide bonds. The summed E-state index contributed by atoms with van der Waals surface area (Å²) < 4.78 is 18.4. The van der Waals surface area contributed by atoms with Gasteiger partial charge in [0.2, 0.25) is 5.91 Å². The lowest BCUT2D eigenvalue weighted by atomic mass is 10.2. The number of hydrogen-bond acceptors (Lipinski definition) is 5. The highest BCUT2D eigenvalue weighted by molar-refractivity contribution is 6.30. The minimum Gasteiger partial charge on any atom is -0.495 e. The molecule has 1 fully saturated rings. The molecular formula is C20H24ClN3O4. The van der Waals surface area contributed by atoms with Crippen molar-refractivity contribution in [3.8, 4) is 11.4 Å². The fourth-order valence-corrected chi connectivity index (χ4v) is 3.46. The van der Waals surface area contributed by atoms with Gasteiger partial charge in [-0.1, -0.05) is 11.6 Å². The van der Waals surface area contributed by atoms with Crippen LogP contribution in [-0.4, -0.2) is 42.8 Å². The Labute approximate surface area is 169 Å². The van der Waals surface area contributed by atoms with E-state index in [1.165, 1.54) is 0 Å². The van der Waals surface area contributed by atoms with Crippen molar-refractivity contribution in [3.63, 3.8) is 0 Å². The maximum atomic E-state index is 12.1. The molecule has 150 valence electrons. The van der Waals surface area contributed by atoms with E-state index in [0.717, 1.165) is 22.6 Å². The van der Waals surface area contributed by atoms with E-state index in [9.17, 15) is 4.79 Å². The zero-order valence-electron chi connectivity index (χ0n) is 16.4. The van der Waals surface area contributed by atoms with Gasteiger partial charge in [0.1, 0.15) is 5.75 Å². The van der Waals surface area contributed by atoms with Crippen LogP contribution in [0.1, 0.15) is 30.3 Å². The van der Waals surface area contributed by atoms with Crippen LogP contribution < -0.4 is 10.2 Å². The second-order valence-corrected chi connectivity index (χ2v) is 7.22. The fourth-order valence-electron chi connectivity index (χ4n) is 3.29. The highest BCUT2D eigenvalue weighted by Crippen LogP contribution is 2.30. The Hall–Kier alpha value is -2.35. The molecule has 1 aliphatic rings. The highest BCUT2D eigenvalue weighted by Gasteiger charge is 2.33. The Morgan fingerprint density at radius 2 is 2.07 bits per heavy atom. The summed E-state index contributed by atoms with van der Waals surface area (Å²) in [5, 5.41) is 4.70. The first-order valence-corrected chi connectivity index (χ1v) is 9.33. The van der Waals surface area contributed by atoms with E-state index in [2.05, 4.69) is 10.5 Å². The van der Waals surface area contributed by atoms with Gasteiger partial charge >= 0.3 is 0 Å². The number of amides is 1. The predicted molar refractivity (Wildman–Crippen MR) is 107 cm³/mol. The molecule has 2 aromatic rings. The topological polar surface area (TPSA) is 74.1 Å². The first kappa shape index (κ1) is 20.4. The predicted octanol–water partition coefficient (Wildman–Crippen LogP) is 3.36. The second-order valence-electron chi connectivity index (χ2n) is 6.78. The number of carbonyl (C=O) groups is 1. The molecule has 1 aromatic carbocycles. The van der Waals surface area contributed by atoms with Crippen LogP contribution >= 0.6 is 11.6 Å². The average molecular weight is 406 g/mol. The number of aromatic nitrogens is 1. The summed E-state index contributed by atoms with van der Waals surface area (Å²) in [6.45, 7) is 6.68. The van der Waals surface area contributed by atoms with Gasteiger partial charge in [-0.2, -0.15) is 5.10 Å². The Morgan fingerprint density at radius 1 is 1.36 bits per heavy atom. The van der Waals surface area contributed by atoms with E-state index in [1.54, 1.807) is 26.3 Å². The Bertz CT molecular complexity index is 901. The lowest BCUT2D eigenvalue weighted by Crippen LogP contribution is -2.33. The zero-order chi connectivity index (χ0) is 20.3. The van der Waals surface area contributed by atoms with Gasteiger partial charge in [-0.05, 0) is 45.0 Å². The number of hydrazone groups is 1. The average Bonchev–Trinajstić information content (AvgIpc) is 3.18. The van der Waals surface area contributed by atoms with E-state index in [1.807, 2.05) is 36.6 Å². The molecule has 0 radical (unpaired) electrons. The van der Waals surface area contributed by atoms with Crippen molar-refractivity contribution in [1.29, 1.82) is 0 Å². The summed E-state index contributed by atoms with van der Waals surface area (Å²) in [7, 11) is 1.62. The lowest BCUT2D eigenvalue weighted by Gasteiger charge is -2.20. The summed E-state index contributed by atoms with van der Waals surface area (Å²) in [6.07, 6.45) is 1.70. The number of nitrogens with one attached hydrogen (secondary N) is 1. The monoisotopic (exact) mass is 405 g/mol. The molecule has 7 nitrogen and oxygen atoms in total. The Kier molecular flexibility index (Phi) is 6.07. The van der Waals surface area contributed by atoms with Crippen LogP contribution in [0.15, 0.2) is 29.4 Å². The number of ether oxygens (including phenoxy) is 3. The molecule has 0 aliphatic carbocycles. The molecule has 0 saturated carbocycles. The normalized spacial score (nSPS) is 15.9. The number of aryl methyl sites for hydroxylation is 1. The number of benzene rings is 1. The van der Waals surface area contributed by atoms with Crippen molar-refractivity contribution in [2.24, 2.45) is 5.10 Å². The molecule has 28 heavy (non-hydrogen) atoms. The molecule has 0 atom stereocenters. The van der Waals surface area contributed by atoms with E-state index in [4.69, 9.17) is 25.8 Å². The van der Waals surface area contributed by atoms with Crippen molar-refractivity contribution in [3.05, 3.63) is 46.2 Å². The largest absolute Gasteiger partial charge is 0.495 e. The summed E-state index contributed by atoms with van der Waals surface area (Å²) in [4.78, 5) is 12.1. The number of nitrogens with zero attached hydrogens (tertiary/aromatic N) is 2. The van der Waals surface area contributed by atoms with Crippen molar-refractivity contribution in [2.75, 3.05) is 20.3 Å². The van der Waals surface area contributed by atoms with Crippen LogP contribution in [0.5, 0.6) is 5.75 Å². The van der Waals surface area contributed by atoms with Crippen LogP contribution in [0.4, 0.5) is 0 Å². The van der Waals surface area contributed by atoms with Gasteiger partial charge in [0.25, 0.3) is 0 Å². The SMILES string of the molecule is COc1ccc(Cl)cc1-n1c(C)cc(/C=N\NC(=O)CC2(C)OCCO2)c1C. The molecule has 1 aromatic heterocycles. The molecular weight excluding hydrogens is 382 g/mol. The molecule has 1 aliphatic heterocycles. The number of hydrogen-bond donors (Lipinski definition) is 1. The van der Waals surface area contributed by atoms with Crippen LogP contribution in [0.3, 0.4) is 0 Å². The minimum atomic E-state index is -0.876. The van der Waals surface area contributed by atoms with Crippen LogP contribution in [0.25, 0.3) is 5.69 Å². The molecule has 3 rings (SSSR count). The Morgan fingerprint density at radius 3 is 2.75 bits per heavy atom. The molecule has 0 spiro atoms. The molecule has 2 heterocycles. The minimum absolute atomic E-state index is 0.0864. The van der Waals surface area contributed by atoms with Gasteiger partial charge in [0.05, 0.1) is 38.6 Å². The summed E-state index contributed by atoms with van der Waals surface area (Å²) in [5.41, 5.74) is 6.19. The standard InChI is InChI=1S/C20H24ClN3O4/c1-13-9-15(12-22-23-19(25)11-20(3)27-7-8-28-20)14(2)24(13)17-10-16(21)5-6-18(17)26-4/h5-6,9-10,12H,7-8,11H2,1-4H3,(H,23,25)/b22-12-. The first-order valence-electron chi connectivity index (χ1n) is 8.95. The van der Waals surface area contributed by atoms with Crippen molar-refractivity contribution in [1.82, 2.24) is 9.99 Å². The lowest BCUT2D eigenvalue weighted by molar-refractivity contribution is -0.159. The van der Waals surface area contributed by atoms with Crippen LogP contribution in [0, 0.1) is 13.8 Å². The van der Waals surface area contributed by atoms with Crippen molar-refractivity contribution in [2.45, 2.75) is 33.0 Å². The summed E-state index contributed by atoms with van der Waals surface area (Å²) in [6, 6.07) is 7.45. The summed E-state index contributed by atoms with van der Waals surface area (Å²) >= 11 is 6.17. The maximum absolute atomic E-state index is 12.1. The van der Waals surface area contributed by atoms with Crippen molar-refractivity contribution >= 4 is 23.7 Å². The molecule has 0 bridgehead atoms. The highest BCUT2D eigenvalue weighted by atomic mass is 35.5. The number of carbonyl (C=O) groups excluding carboxylic acids is 1. The van der Waals surface area contributed by atoms with Gasteiger partial charge < -0.3 is 18.8 Å². The third-order valence-electron chi connectivity index (χ3n) is 4.62. The molecule has 1 saturated heterocycles. The van der Waals surface area contributed by atoms with E-state index in [-0.39, 0.29) is 12.3 Å². The quantitative estimate of drug-likeness (QED) is 0.590. The van der Waals surface area contributed by atoms with E-state index in [0.29, 0.717) is 24.0 Å². The van der Waals surface area contributed by atoms with Crippen LogP contribution in [-0.2, 0) is 14.3 Å². The smallest absolute Gasteiger partial charge is 0.245 e. The second kappa shape index (κ2) is 8.34. The van der Waals surface area contributed by atoms with Gasteiger partial charge in [-0.3, -0.25) is 4.79 Å². The number of methoxy groups -OCH3 is 1. The third kappa shape index (κ3) is 4.38. The van der Waals surface area contributed by atoms with Crippen LogP contribution in [0.2, 0.25) is 5.02 Å². The maximum Gasteiger partial charge on any atom is 0.245 e.